The number of carbonyl (C=O) groups excluding carboxylic acids is 1. The van der Waals surface area contributed by atoms with Crippen LogP contribution >= 0.6 is 0 Å². The van der Waals surface area contributed by atoms with E-state index in [1.165, 1.54) is 5.56 Å². The van der Waals surface area contributed by atoms with Gasteiger partial charge in [0, 0.05) is 12.6 Å². The summed E-state index contributed by atoms with van der Waals surface area (Å²) in [5.74, 6) is 1.07. The Hall–Kier alpha value is -2.21. The summed E-state index contributed by atoms with van der Waals surface area (Å²) in [6.45, 7) is 2.95. The molecule has 0 radical (unpaired) electrons. The van der Waals surface area contributed by atoms with Crippen molar-refractivity contribution in [3.63, 3.8) is 0 Å². The summed E-state index contributed by atoms with van der Waals surface area (Å²) >= 11 is 0. The van der Waals surface area contributed by atoms with Gasteiger partial charge in [0.05, 0.1) is 0 Å². The average molecular weight is 275 g/mol. The minimum atomic E-state index is -0.0279. The number of quaternary nitrogens is 1. The van der Waals surface area contributed by atoms with Crippen molar-refractivity contribution >= 4 is 5.91 Å². The highest BCUT2D eigenvalue weighted by molar-refractivity contribution is 5.76. The van der Waals surface area contributed by atoms with Crippen molar-refractivity contribution in [3.8, 4) is 11.4 Å². The van der Waals surface area contributed by atoms with E-state index in [0.29, 0.717) is 24.8 Å². The lowest BCUT2D eigenvalue weighted by Gasteiger charge is -1.97. The van der Waals surface area contributed by atoms with Gasteiger partial charge in [-0.05, 0) is 12.0 Å². The van der Waals surface area contributed by atoms with Gasteiger partial charge in [-0.25, -0.2) is 0 Å². The Kier molecular flexibility index (Phi) is 4.84. The molecule has 0 unspecified atom stereocenters. The van der Waals surface area contributed by atoms with Crippen LogP contribution in [0.25, 0.3) is 11.4 Å². The number of nitrogens with one attached hydrogen (secondary N) is 1. The topological polar surface area (TPSA) is 84.6 Å². The van der Waals surface area contributed by atoms with Crippen LogP contribution in [0.15, 0.2) is 28.8 Å². The third-order valence-corrected chi connectivity index (χ3v) is 3.02. The van der Waals surface area contributed by atoms with Crippen molar-refractivity contribution in [2.75, 3.05) is 13.6 Å². The molecule has 6 heteroatoms. The lowest BCUT2D eigenvalue weighted by molar-refractivity contribution is -0.662. The highest BCUT2D eigenvalue weighted by atomic mass is 16.5. The molecule has 0 bridgehead atoms. The van der Waals surface area contributed by atoms with Crippen LogP contribution in [0.3, 0.4) is 0 Å². The second-order valence-corrected chi connectivity index (χ2v) is 4.43. The molecular weight excluding hydrogens is 256 g/mol. The van der Waals surface area contributed by atoms with Crippen molar-refractivity contribution in [2.24, 2.45) is 0 Å². The van der Waals surface area contributed by atoms with E-state index < -0.39 is 0 Å². The van der Waals surface area contributed by atoms with Crippen LogP contribution in [-0.4, -0.2) is 29.6 Å². The highest BCUT2D eigenvalue weighted by Crippen LogP contribution is 2.16. The molecule has 3 N–H and O–H groups in total. The molecular formula is C14H19N4O2+. The molecule has 1 heterocycles. The van der Waals surface area contributed by atoms with Gasteiger partial charge in [-0.15, -0.1) is 0 Å². The van der Waals surface area contributed by atoms with Crippen LogP contribution in [0.4, 0.5) is 0 Å². The predicted octanol–water partition coefficient (Wildman–Crippen LogP) is 0.108. The summed E-state index contributed by atoms with van der Waals surface area (Å²) in [7, 11) is 1.61. The zero-order valence-electron chi connectivity index (χ0n) is 11.7. The van der Waals surface area contributed by atoms with E-state index in [1.807, 2.05) is 17.4 Å². The average Bonchev–Trinajstić information content (AvgIpc) is 2.96. The molecule has 2 rings (SSSR count). The van der Waals surface area contributed by atoms with Gasteiger partial charge in [-0.1, -0.05) is 36.3 Å². The van der Waals surface area contributed by atoms with E-state index in [0.717, 1.165) is 12.0 Å². The van der Waals surface area contributed by atoms with E-state index in [9.17, 15) is 4.79 Å². The summed E-state index contributed by atoms with van der Waals surface area (Å²) in [5.41, 5.74) is 2.21. The monoisotopic (exact) mass is 275 g/mol. The van der Waals surface area contributed by atoms with Crippen molar-refractivity contribution in [3.05, 3.63) is 35.7 Å². The van der Waals surface area contributed by atoms with Crippen LogP contribution in [0, 0.1) is 0 Å². The van der Waals surface area contributed by atoms with Gasteiger partial charge < -0.3 is 15.2 Å². The maximum Gasteiger partial charge on any atom is 0.282 e. The molecule has 0 fully saturated rings. The summed E-state index contributed by atoms with van der Waals surface area (Å²) in [5, 5.41) is 8.33. The number of amides is 1. The summed E-state index contributed by atoms with van der Waals surface area (Å²) in [6, 6.07) is 8.09. The number of likely N-dealkylation sites (N-methyl/N-ethyl adjacent to an activating group) is 1. The first kappa shape index (κ1) is 14.2. The Balaban J connectivity index is 1.95. The molecule has 0 aliphatic rings. The van der Waals surface area contributed by atoms with Gasteiger partial charge in [0.15, 0.2) is 13.1 Å². The lowest BCUT2D eigenvalue weighted by atomic mass is 10.1. The lowest BCUT2D eigenvalue weighted by Crippen LogP contribution is -2.85. The summed E-state index contributed by atoms with van der Waals surface area (Å²) in [6.07, 6.45) is 1.01. The normalized spacial score (nSPS) is 10.5. The van der Waals surface area contributed by atoms with E-state index in [1.54, 1.807) is 7.05 Å². The van der Waals surface area contributed by atoms with E-state index in [-0.39, 0.29) is 5.91 Å². The quantitative estimate of drug-likeness (QED) is 0.783. The fourth-order valence-electron chi connectivity index (χ4n) is 1.77. The van der Waals surface area contributed by atoms with Crippen LogP contribution in [-0.2, 0) is 17.8 Å². The van der Waals surface area contributed by atoms with Gasteiger partial charge in [-0.2, -0.15) is 4.98 Å². The Labute approximate surface area is 117 Å². The number of aryl methyl sites for hydroxylation is 1. The molecule has 2 aromatic rings. The zero-order valence-corrected chi connectivity index (χ0v) is 11.7. The van der Waals surface area contributed by atoms with Gasteiger partial charge in [0.1, 0.15) is 0 Å². The predicted molar refractivity (Wildman–Crippen MR) is 73.7 cm³/mol. The molecule has 0 saturated heterocycles. The van der Waals surface area contributed by atoms with Gasteiger partial charge in [-0.3, -0.25) is 4.79 Å². The number of nitrogens with zero attached hydrogens (tertiary/aromatic N) is 2. The van der Waals surface area contributed by atoms with E-state index in [4.69, 9.17) is 4.52 Å². The van der Waals surface area contributed by atoms with Crippen LogP contribution in [0.1, 0.15) is 18.4 Å². The minimum absolute atomic E-state index is 0.0279. The molecule has 0 aliphatic carbocycles. The largest absolute Gasteiger partial charge is 0.354 e. The zero-order chi connectivity index (χ0) is 14.4. The number of carbonyl (C=O) groups is 1. The summed E-state index contributed by atoms with van der Waals surface area (Å²) in [4.78, 5) is 15.4. The number of hydrogen-bond acceptors (Lipinski definition) is 4. The number of aromatic nitrogens is 2. The van der Waals surface area contributed by atoms with Gasteiger partial charge >= 0.3 is 0 Å². The molecule has 1 amide bonds. The first-order chi connectivity index (χ1) is 9.72. The molecule has 20 heavy (non-hydrogen) atoms. The molecule has 0 spiro atoms. The Morgan fingerprint density at radius 3 is 2.75 bits per heavy atom. The van der Waals surface area contributed by atoms with Crippen LogP contribution < -0.4 is 10.6 Å². The molecule has 0 aliphatic heterocycles. The Bertz CT molecular complexity index is 563. The molecule has 1 aromatic heterocycles. The van der Waals surface area contributed by atoms with E-state index >= 15 is 0 Å². The third-order valence-electron chi connectivity index (χ3n) is 3.02. The number of nitrogens with two attached hydrogens (primary N) is 1. The van der Waals surface area contributed by atoms with Crippen molar-refractivity contribution in [2.45, 2.75) is 19.9 Å². The number of rotatable bonds is 6. The van der Waals surface area contributed by atoms with Crippen molar-refractivity contribution in [1.29, 1.82) is 0 Å². The molecule has 1 aromatic carbocycles. The van der Waals surface area contributed by atoms with Crippen molar-refractivity contribution in [1.82, 2.24) is 15.5 Å². The van der Waals surface area contributed by atoms with Crippen molar-refractivity contribution < 1.29 is 14.6 Å². The second kappa shape index (κ2) is 6.81. The molecule has 0 atom stereocenters. The smallest absolute Gasteiger partial charge is 0.282 e. The fraction of sp³-hybridized carbons (Fsp3) is 0.357. The van der Waals surface area contributed by atoms with Crippen LogP contribution in [0.2, 0.25) is 0 Å². The highest BCUT2D eigenvalue weighted by Gasteiger charge is 2.10. The maximum absolute atomic E-state index is 11.1. The number of benzene rings is 1. The third kappa shape index (κ3) is 3.64. The first-order valence-corrected chi connectivity index (χ1v) is 6.67. The van der Waals surface area contributed by atoms with Gasteiger partial charge in [0.2, 0.25) is 5.82 Å². The molecule has 106 valence electrons. The van der Waals surface area contributed by atoms with Crippen LogP contribution in [0.5, 0.6) is 0 Å². The molecule has 6 nitrogen and oxygen atoms in total. The van der Waals surface area contributed by atoms with E-state index in [2.05, 4.69) is 34.5 Å². The standard InChI is InChI=1S/C14H18N4O2/c1-3-10-4-6-11(7-5-10)14-17-13(20-18-14)9-16-8-12(19)15-2/h4-7,16H,3,8-9H2,1-2H3,(H,15,19)/p+1. The SMILES string of the molecule is CCc1ccc(-c2noc(C[NH2+]CC(=O)NC)n2)cc1. The van der Waals surface area contributed by atoms with Gasteiger partial charge in [0.25, 0.3) is 11.8 Å². The Morgan fingerprint density at radius 2 is 2.10 bits per heavy atom. The first-order valence-electron chi connectivity index (χ1n) is 6.67. The Morgan fingerprint density at radius 1 is 1.35 bits per heavy atom. The minimum Gasteiger partial charge on any atom is -0.354 e. The summed E-state index contributed by atoms with van der Waals surface area (Å²) < 4.78 is 5.17. The maximum atomic E-state index is 11.1. The number of hydrogen-bond donors (Lipinski definition) is 2. The fourth-order valence-corrected chi connectivity index (χ4v) is 1.77. The second-order valence-electron chi connectivity index (χ2n) is 4.43. The molecule has 0 saturated carbocycles.